The number of hydrogen-bond donors (Lipinski definition) is 0. The molecule has 0 radical (unpaired) electrons. The largest absolute Gasteiger partial charge is 0.339 e. The van der Waals surface area contributed by atoms with Crippen molar-refractivity contribution in [1.82, 2.24) is 19.6 Å². The summed E-state index contributed by atoms with van der Waals surface area (Å²) >= 11 is 18.3. The average Bonchev–Trinajstić information content (AvgIpc) is 2.85. The molecule has 1 aliphatic heterocycles. The zero-order valence-corrected chi connectivity index (χ0v) is 17.1. The number of amides is 1. The number of halogens is 3. The topological polar surface area (TPSA) is 41.4 Å². The molecule has 8 heteroatoms. The minimum Gasteiger partial charge on any atom is -0.339 e. The minimum atomic E-state index is 0.0662. The first-order chi connectivity index (χ1) is 12.3. The number of carbonyl (C=O) groups is 1. The summed E-state index contributed by atoms with van der Waals surface area (Å²) in [5.41, 5.74) is 2.63. The molecule has 1 aromatic heterocycles. The second kappa shape index (κ2) is 8.17. The van der Waals surface area contributed by atoms with Gasteiger partial charge in [0.15, 0.2) is 0 Å². The van der Waals surface area contributed by atoms with Crippen LogP contribution in [-0.4, -0.2) is 51.7 Å². The van der Waals surface area contributed by atoms with Crippen LogP contribution in [0.1, 0.15) is 17.0 Å². The number of carbonyl (C=O) groups excluding carboxylic acids is 1. The molecule has 1 aromatic carbocycles. The lowest BCUT2D eigenvalue weighted by molar-refractivity contribution is -0.133. The van der Waals surface area contributed by atoms with E-state index in [0.29, 0.717) is 28.2 Å². The lowest BCUT2D eigenvalue weighted by Gasteiger charge is -2.35. The molecule has 0 aliphatic carbocycles. The number of rotatable bonds is 4. The Hall–Kier alpha value is -1.27. The van der Waals surface area contributed by atoms with E-state index in [2.05, 4.69) is 10.00 Å². The van der Waals surface area contributed by atoms with Crippen molar-refractivity contribution in [2.24, 2.45) is 0 Å². The van der Waals surface area contributed by atoms with Gasteiger partial charge in [-0.2, -0.15) is 5.10 Å². The van der Waals surface area contributed by atoms with Gasteiger partial charge in [-0.15, -0.1) is 0 Å². The van der Waals surface area contributed by atoms with Crippen molar-refractivity contribution < 1.29 is 4.79 Å². The van der Waals surface area contributed by atoms with Crippen LogP contribution in [0.3, 0.4) is 0 Å². The van der Waals surface area contributed by atoms with Gasteiger partial charge in [0.25, 0.3) is 0 Å². The first-order valence-corrected chi connectivity index (χ1v) is 9.62. The van der Waals surface area contributed by atoms with Crippen molar-refractivity contribution in [1.29, 1.82) is 0 Å². The molecule has 0 saturated carbocycles. The van der Waals surface area contributed by atoms with Crippen LogP contribution in [0.2, 0.25) is 15.1 Å². The number of hydrogen-bond acceptors (Lipinski definition) is 3. The van der Waals surface area contributed by atoms with E-state index in [-0.39, 0.29) is 12.5 Å². The van der Waals surface area contributed by atoms with Crippen LogP contribution in [0.25, 0.3) is 0 Å². The van der Waals surface area contributed by atoms with Crippen molar-refractivity contribution in [3.63, 3.8) is 0 Å². The van der Waals surface area contributed by atoms with Gasteiger partial charge < -0.3 is 4.90 Å². The van der Waals surface area contributed by atoms with Gasteiger partial charge in [0, 0.05) is 42.8 Å². The van der Waals surface area contributed by atoms with Crippen LogP contribution in [0, 0.1) is 13.8 Å². The fraction of sp³-hybridized carbons (Fsp3) is 0.444. The van der Waals surface area contributed by atoms with Crippen molar-refractivity contribution in [3.05, 3.63) is 50.2 Å². The number of benzene rings is 1. The first kappa shape index (κ1) is 19.5. The standard InChI is InChI=1S/C18H21Cl3N4O/c1-12-18(21)13(2)25(22-12)11-17(26)24-7-5-23(6-8-24)10-14-3-4-15(19)9-16(14)20/h3-4,9H,5-8,10-11H2,1-2H3. The molecular formula is C18H21Cl3N4O. The normalized spacial score (nSPS) is 15.5. The van der Waals surface area contributed by atoms with Gasteiger partial charge in [-0.25, -0.2) is 0 Å². The average molecular weight is 416 g/mol. The first-order valence-electron chi connectivity index (χ1n) is 8.48. The fourth-order valence-electron chi connectivity index (χ4n) is 3.10. The van der Waals surface area contributed by atoms with Gasteiger partial charge >= 0.3 is 0 Å². The van der Waals surface area contributed by atoms with Gasteiger partial charge in [-0.05, 0) is 31.5 Å². The minimum absolute atomic E-state index is 0.0662. The molecule has 1 aliphatic rings. The molecule has 1 amide bonds. The molecule has 26 heavy (non-hydrogen) atoms. The van der Waals surface area contributed by atoms with E-state index in [1.807, 2.05) is 30.9 Å². The molecule has 1 saturated heterocycles. The maximum Gasteiger partial charge on any atom is 0.244 e. The molecule has 1 fully saturated rings. The highest BCUT2D eigenvalue weighted by Gasteiger charge is 2.23. The number of nitrogens with zero attached hydrogens (tertiary/aromatic N) is 4. The molecular weight excluding hydrogens is 395 g/mol. The summed E-state index contributed by atoms with van der Waals surface area (Å²) in [6, 6.07) is 5.56. The summed E-state index contributed by atoms with van der Waals surface area (Å²) in [4.78, 5) is 16.7. The Kier molecular flexibility index (Phi) is 6.13. The summed E-state index contributed by atoms with van der Waals surface area (Å²) in [6.45, 7) is 7.70. The molecule has 0 bridgehead atoms. The predicted molar refractivity (Wildman–Crippen MR) is 105 cm³/mol. The van der Waals surface area contributed by atoms with Crippen molar-refractivity contribution in [2.75, 3.05) is 26.2 Å². The van der Waals surface area contributed by atoms with Crippen LogP contribution >= 0.6 is 34.8 Å². The van der Waals surface area contributed by atoms with E-state index in [1.165, 1.54) is 0 Å². The summed E-state index contributed by atoms with van der Waals surface area (Å²) in [6.07, 6.45) is 0. The van der Waals surface area contributed by atoms with Crippen LogP contribution in [0.5, 0.6) is 0 Å². The Morgan fingerprint density at radius 2 is 1.81 bits per heavy atom. The molecule has 3 rings (SSSR count). The molecule has 0 N–H and O–H groups in total. The Morgan fingerprint density at radius 1 is 1.12 bits per heavy atom. The third-order valence-electron chi connectivity index (χ3n) is 4.71. The molecule has 0 unspecified atom stereocenters. The Bertz CT molecular complexity index is 813. The summed E-state index contributed by atoms with van der Waals surface area (Å²) in [5, 5.41) is 6.28. The predicted octanol–water partition coefficient (Wildman–Crippen LogP) is 3.80. The van der Waals surface area contributed by atoms with Crippen LogP contribution in [0.15, 0.2) is 18.2 Å². The molecule has 5 nitrogen and oxygen atoms in total. The molecule has 0 spiro atoms. The highest BCUT2D eigenvalue weighted by molar-refractivity contribution is 6.35. The number of aryl methyl sites for hydroxylation is 1. The third kappa shape index (κ3) is 4.34. The third-order valence-corrected chi connectivity index (χ3v) is 5.85. The van der Waals surface area contributed by atoms with Gasteiger partial charge in [0.05, 0.1) is 16.4 Å². The van der Waals surface area contributed by atoms with Crippen LogP contribution in [-0.2, 0) is 17.9 Å². The highest BCUT2D eigenvalue weighted by atomic mass is 35.5. The van der Waals surface area contributed by atoms with Gasteiger partial charge in [-0.3, -0.25) is 14.4 Å². The Morgan fingerprint density at radius 3 is 2.38 bits per heavy atom. The number of piperazine rings is 1. The Labute approximate surface area is 168 Å². The molecule has 0 atom stereocenters. The zero-order chi connectivity index (χ0) is 18.8. The second-order valence-corrected chi connectivity index (χ2v) is 7.76. The molecule has 2 aromatic rings. The van der Waals surface area contributed by atoms with E-state index >= 15 is 0 Å². The fourth-order valence-corrected chi connectivity index (χ4v) is 3.71. The lowest BCUT2D eigenvalue weighted by atomic mass is 10.2. The quantitative estimate of drug-likeness (QED) is 0.762. The maximum atomic E-state index is 12.6. The smallest absolute Gasteiger partial charge is 0.244 e. The molecule has 2 heterocycles. The second-order valence-electron chi connectivity index (χ2n) is 6.54. The van der Waals surface area contributed by atoms with E-state index in [1.54, 1.807) is 10.7 Å². The lowest BCUT2D eigenvalue weighted by Crippen LogP contribution is -2.49. The van der Waals surface area contributed by atoms with Crippen LogP contribution in [0.4, 0.5) is 0 Å². The van der Waals surface area contributed by atoms with E-state index < -0.39 is 0 Å². The maximum absolute atomic E-state index is 12.6. The summed E-state index contributed by atoms with van der Waals surface area (Å²) in [5.74, 6) is 0.0662. The van der Waals surface area contributed by atoms with E-state index in [4.69, 9.17) is 34.8 Å². The van der Waals surface area contributed by atoms with Gasteiger partial charge in [-0.1, -0.05) is 40.9 Å². The molecule has 140 valence electrons. The SMILES string of the molecule is Cc1nn(CC(=O)N2CCN(Cc3ccc(Cl)cc3Cl)CC2)c(C)c1Cl. The highest BCUT2D eigenvalue weighted by Crippen LogP contribution is 2.23. The monoisotopic (exact) mass is 414 g/mol. The van der Waals surface area contributed by atoms with Gasteiger partial charge in [0.2, 0.25) is 5.91 Å². The van der Waals surface area contributed by atoms with Gasteiger partial charge in [0.1, 0.15) is 6.54 Å². The van der Waals surface area contributed by atoms with Crippen LogP contribution < -0.4 is 0 Å². The zero-order valence-electron chi connectivity index (χ0n) is 14.8. The van der Waals surface area contributed by atoms with E-state index in [9.17, 15) is 4.79 Å². The summed E-state index contributed by atoms with van der Waals surface area (Å²) in [7, 11) is 0. The van der Waals surface area contributed by atoms with Crippen molar-refractivity contribution in [2.45, 2.75) is 26.9 Å². The van der Waals surface area contributed by atoms with E-state index in [0.717, 1.165) is 36.6 Å². The van der Waals surface area contributed by atoms with Crippen molar-refractivity contribution >= 4 is 40.7 Å². The Balaban J connectivity index is 1.54. The van der Waals surface area contributed by atoms with Crippen molar-refractivity contribution in [3.8, 4) is 0 Å². The summed E-state index contributed by atoms with van der Waals surface area (Å²) < 4.78 is 1.68. The number of aromatic nitrogens is 2.